The third-order valence-corrected chi connectivity index (χ3v) is 4.02. The highest BCUT2D eigenvalue weighted by Gasteiger charge is 2.50. The molecule has 0 radical (unpaired) electrons. The average molecular weight is 301 g/mol. The molecule has 3 heteroatoms. The second-order valence-electron chi connectivity index (χ2n) is 3.25. The lowest BCUT2D eigenvalue weighted by atomic mass is 10.1. The van der Waals surface area contributed by atoms with E-state index in [1.165, 1.54) is 5.56 Å². The summed E-state index contributed by atoms with van der Waals surface area (Å²) >= 11 is 7.15. The Kier molecular flexibility index (Phi) is 2.21. The Morgan fingerprint density at radius 2 is 1.85 bits per heavy atom. The van der Waals surface area contributed by atoms with Crippen molar-refractivity contribution in [2.45, 2.75) is 15.6 Å². The van der Waals surface area contributed by atoms with Gasteiger partial charge in [0.25, 0.3) is 0 Å². The number of hydrogen-bond acceptors (Lipinski definition) is 1. The SMILES string of the molecule is N#Cc1ccc(C2CC2(Br)Br)cc1. The van der Waals surface area contributed by atoms with Crippen molar-refractivity contribution in [3.8, 4) is 6.07 Å². The summed E-state index contributed by atoms with van der Waals surface area (Å²) in [6.07, 6.45) is 1.11. The molecule has 1 aromatic rings. The van der Waals surface area contributed by atoms with Gasteiger partial charge in [0.1, 0.15) is 0 Å². The van der Waals surface area contributed by atoms with Crippen LogP contribution in [0.2, 0.25) is 0 Å². The van der Waals surface area contributed by atoms with E-state index in [0.29, 0.717) is 5.92 Å². The Hall–Kier alpha value is -0.330. The first kappa shape index (κ1) is 9.23. The van der Waals surface area contributed by atoms with Crippen molar-refractivity contribution in [2.75, 3.05) is 0 Å². The molecule has 0 bridgehead atoms. The molecule has 0 amide bonds. The molecule has 0 saturated heterocycles. The molecule has 1 unspecified atom stereocenters. The lowest BCUT2D eigenvalue weighted by molar-refractivity contribution is 1.13. The lowest BCUT2D eigenvalue weighted by Gasteiger charge is -2.00. The number of rotatable bonds is 1. The molecular formula is C10H7Br2N. The number of benzene rings is 1. The molecule has 0 heterocycles. The third kappa shape index (κ3) is 1.79. The van der Waals surface area contributed by atoms with E-state index in [9.17, 15) is 0 Å². The standard InChI is InChI=1S/C10H7Br2N/c11-10(12)5-9(10)8-3-1-7(6-13)2-4-8/h1-4,9H,5H2. The zero-order chi connectivity index (χ0) is 9.47. The maximum Gasteiger partial charge on any atom is 0.0991 e. The summed E-state index contributed by atoms with van der Waals surface area (Å²) in [5.41, 5.74) is 2.01. The number of nitriles is 1. The van der Waals surface area contributed by atoms with Crippen molar-refractivity contribution in [1.29, 1.82) is 5.26 Å². The van der Waals surface area contributed by atoms with Gasteiger partial charge >= 0.3 is 0 Å². The van der Waals surface area contributed by atoms with Crippen LogP contribution in [0.15, 0.2) is 24.3 Å². The summed E-state index contributed by atoms with van der Waals surface area (Å²) in [5.74, 6) is 0.542. The largest absolute Gasteiger partial charge is 0.192 e. The predicted octanol–water partition coefficient (Wildman–Crippen LogP) is 3.53. The van der Waals surface area contributed by atoms with Crippen molar-refractivity contribution < 1.29 is 0 Å². The molecule has 1 aliphatic rings. The van der Waals surface area contributed by atoms with E-state index in [-0.39, 0.29) is 3.23 Å². The minimum absolute atomic E-state index is 0.105. The smallest absolute Gasteiger partial charge is 0.0991 e. The summed E-state index contributed by atoms with van der Waals surface area (Å²) < 4.78 is 0.105. The summed E-state index contributed by atoms with van der Waals surface area (Å²) in [4.78, 5) is 0. The van der Waals surface area contributed by atoms with Crippen LogP contribution in [0, 0.1) is 11.3 Å². The molecular weight excluding hydrogens is 294 g/mol. The van der Waals surface area contributed by atoms with E-state index in [2.05, 4.69) is 37.9 Å². The molecule has 13 heavy (non-hydrogen) atoms. The zero-order valence-corrected chi connectivity index (χ0v) is 9.97. The molecule has 1 aromatic carbocycles. The second kappa shape index (κ2) is 3.11. The monoisotopic (exact) mass is 299 g/mol. The molecule has 2 rings (SSSR count). The van der Waals surface area contributed by atoms with Gasteiger partial charge in [0.15, 0.2) is 0 Å². The molecule has 1 fully saturated rings. The zero-order valence-electron chi connectivity index (χ0n) is 6.80. The van der Waals surface area contributed by atoms with Crippen molar-refractivity contribution in [1.82, 2.24) is 0 Å². The fourth-order valence-electron chi connectivity index (χ4n) is 1.36. The molecule has 1 aliphatic carbocycles. The van der Waals surface area contributed by atoms with E-state index < -0.39 is 0 Å². The van der Waals surface area contributed by atoms with E-state index in [0.717, 1.165) is 12.0 Å². The van der Waals surface area contributed by atoms with Gasteiger partial charge in [-0.15, -0.1) is 0 Å². The molecule has 0 N–H and O–H groups in total. The topological polar surface area (TPSA) is 23.8 Å². The van der Waals surface area contributed by atoms with Crippen LogP contribution >= 0.6 is 31.9 Å². The van der Waals surface area contributed by atoms with Gasteiger partial charge in [0, 0.05) is 5.92 Å². The van der Waals surface area contributed by atoms with Gasteiger partial charge in [-0.05, 0) is 24.1 Å². The van der Waals surface area contributed by atoms with Crippen LogP contribution in [0.1, 0.15) is 23.5 Å². The van der Waals surface area contributed by atoms with Gasteiger partial charge in [0.05, 0.1) is 14.9 Å². The first-order valence-electron chi connectivity index (χ1n) is 4.01. The van der Waals surface area contributed by atoms with E-state index in [1.807, 2.05) is 24.3 Å². The highest BCUT2D eigenvalue weighted by molar-refractivity contribution is 9.25. The van der Waals surface area contributed by atoms with Gasteiger partial charge in [-0.2, -0.15) is 5.26 Å². The summed E-state index contributed by atoms with van der Waals surface area (Å²) in [5, 5.41) is 8.62. The minimum atomic E-state index is 0.105. The van der Waals surface area contributed by atoms with Crippen molar-refractivity contribution >= 4 is 31.9 Å². The number of halogens is 2. The Bertz CT molecular complexity index is 362. The van der Waals surface area contributed by atoms with Crippen LogP contribution in [-0.2, 0) is 0 Å². The molecule has 1 atom stereocenters. The Labute approximate surface area is 94.0 Å². The maximum atomic E-state index is 8.62. The van der Waals surface area contributed by atoms with Crippen molar-refractivity contribution in [3.05, 3.63) is 35.4 Å². The van der Waals surface area contributed by atoms with Gasteiger partial charge in [-0.3, -0.25) is 0 Å². The minimum Gasteiger partial charge on any atom is -0.192 e. The van der Waals surface area contributed by atoms with E-state index in [4.69, 9.17) is 5.26 Å². The van der Waals surface area contributed by atoms with Crippen molar-refractivity contribution in [3.63, 3.8) is 0 Å². The number of hydrogen-bond donors (Lipinski definition) is 0. The van der Waals surface area contributed by atoms with Crippen LogP contribution in [0.4, 0.5) is 0 Å². The fraction of sp³-hybridized carbons (Fsp3) is 0.300. The molecule has 1 saturated carbocycles. The predicted molar refractivity (Wildman–Crippen MR) is 59.1 cm³/mol. The maximum absolute atomic E-state index is 8.62. The molecule has 1 nitrogen and oxygen atoms in total. The summed E-state index contributed by atoms with van der Waals surface area (Å²) in [7, 11) is 0. The van der Waals surface area contributed by atoms with Crippen LogP contribution in [0.5, 0.6) is 0 Å². The Balaban J connectivity index is 2.22. The first-order chi connectivity index (χ1) is 6.13. The van der Waals surface area contributed by atoms with Gasteiger partial charge < -0.3 is 0 Å². The highest BCUT2D eigenvalue weighted by Crippen LogP contribution is 2.62. The quantitative estimate of drug-likeness (QED) is 0.728. The van der Waals surface area contributed by atoms with E-state index in [1.54, 1.807) is 0 Å². The average Bonchev–Trinajstić information content (AvgIpc) is 2.76. The van der Waals surface area contributed by atoms with Crippen LogP contribution in [-0.4, -0.2) is 3.23 Å². The third-order valence-electron chi connectivity index (χ3n) is 2.27. The van der Waals surface area contributed by atoms with Crippen LogP contribution < -0.4 is 0 Å². The molecule has 0 aromatic heterocycles. The Morgan fingerprint density at radius 1 is 1.31 bits per heavy atom. The summed E-state index contributed by atoms with van der Waals surface area (Å²) in [6, 6.07) is 9.88. The van der Waals surface area contributed by atoms with E-state index >= 15 is 0 Å². The number of alkyl halides is 2. The fourth-order valence-corrected chi connectivity index (χ4v) is 2.54. The normalized spacial score (nSPS) is 23.6. The molecule has 66 valence electrons. The Morgan fingerprint density at radius 3 is 2.23 bits per heavy atom. The van der Waals surface area contributed by atoms with Crippen molar-refractivity contribution in [2.24, 2.45) is 0 Å². The van der Waals surface area contributed by atoms with Gasteiger partial charge in [-0.1, -0.05) is 44.0 Å². The van der Waals surface area contributed by atoms with Crippen LogP contribution in [0.25, 0.3) is 0 Å². The highest BCUT2D eigenvalue weighted by atomic mass is 79.9. The second-order valence-corrected chi connectivity index (χ2v) is 7.15. The molecule has 0 aliphatic heterocycles. The van der Waals surface area contributed by atoms with Crippen LogP contribution in [0.3, 0.4) is 0 Å². The van der Waals surface area contributed by atoms with Gasteiger partial charge in [0.2, 0.25) is 0 Å². The van der Waals surface area contributed by atoms with Gasteiger partial charge in [-0.25, -0.2) is 0 Å². The summed E-state index contributed by atoms with van der Waals surface area (Å²) in [6.45, 7) is 0. The lowest BCUT2D eigenvalue weighted by Crippen LogP contribution is -1.88. The molecule has 0 spiro atoms. The number of nitrogens with zero attached hydrogens (tertiary/aromatic N) is 1. The first-order valence-corrected chi connectivity index (χ1v) is 5.60.